The Balaban J connectivity index is 1.64. The number of benzene rings is 1. The van der Waals surface area contributed by atoms with E-state index in [9.17, 15) is 18.0 Å². The van der Waals surface area contributed by atoms with Crippen molar-refractivity contribution in [1.82, 2.24) is 5.32 Å². The Kier molecular flexibility index (Phi) is 4.66. The maximum atomic E-state index is 12.3. The van der Waals surface area contributed by atoms with Crippen LogP contribution in [0.4, 0.5) is 5.69 Å². The molecule has 1 aromatic carbocycles. The van der Waals surface area contributed by atoms with Crippen LogP contribution in [0.3, 0.4) is 0 Å². The van der Waals surface area contributed by atoms with Crippen LogP contribution in [0.5, 0.6) is 0 Å². The lowest BCUT2D eigenvalue weighted by molar-refractivity contribution is 0.0915. The predicted octanol–water partition coefficient (Wildman–Crippen LogP) is 2.31. The molecule has 1 atom stereocenters. The molecule has 1 aliphatic heterocycles. The van der Waals surface area contributed by atoms with Gasteiger partial charge in [0.2, 0.25) is 0 Å². The Labute approximate surface area is 150 Å². The third kappa shape index (κ3) is 4.26. The molecule has 3 rings (SSSR count). The molecule has 2 aromatic rings. The van der Waals surface area contributed by atoms with Gasteiger partial charge in [-0.15, -0.1) is 11.3 Å². The van der Waals surface area contributed by atoms with Gasteiger partial charge in [0.15, 0.2) is 9.84 Å². The number of thiophene rings is 1. The van der Waals surface area contributed by atoms with Gasteiger partial charge in [-0.25, -0.2) is 8.42 Å². The molecule has 132 valence electrons. The molecule has 0 radical (unpaired) electrons. The smallest absolute Gasteiger partial charge is 0.265 e. The maximum Gasteiger partial charge on any atom is 0.265 e. The van der Waals surface area contributed by atoms with Gasteiger partial charge in [-0.2, -0.15) is 0 Å². The first-order chi connectivity index (χ1) is 11.8. The lowest BCUT2D eigenvalue weighted by Gasteiger charge is -2.23. The van der Waals surface area contributed by atoms with E-state index in [1.165, 1.54) is 11.3 Å². The van der Waals surface area contributed by atoms with Gasteiger partial charge in [0.25, 0.3) is 11.8 Å². The summed E-state index contributed by atoms with van der Waals surface area (Å²) < 4.78 is 23.2. The van der Waals surface area contributed by atoms with E-state index in [2.05, 4.69) is 10.6 Å². The molecule has 0 unspecified atom stereocenters. The summed E-state index contributed by atoms with van der Waals surface area (Å²) in [5, 5.41) is 7.39. The van der Waals surface area contributed by atoms with Crippen molar-refractivity contribution in [2.75, 3.05) is 16.8 Å². The normalized spacial score (nSPS) is 21.6. The van der Waals surface area contributed by atoms with E-state index in [-0.39, 0.29) is 23.3 Å². The van der Waals surface area contributed by atoms with Crippen molar-refractivity contribution in [3.63, 3.8) is 0 Å². The number of carbonyl (C=O) groups excluding carboxylic acids is 2. The van der Waals surface area contributed by atoms with Crippen molar-refractivity contribution in [3.8, 4) is 0 Å². The van der Waals surface area contributed by atoms with Crippen molar-refractivity contribution in [2.45, 2.75) is 18.9 Å². The minimum atomic E-state index is -3.08. The van der Waals surface area contributed by atoms with Crippen LogP contribution in [-0.4, -0.2) is 37.3 Å². The monoisotopic (exact) mass is 378 g/mol. The van der Waals surface area contributed by atoms with Crippen LogP contribution in [0, 0.1) is 0 Å². The van der Waals surface area contributed by atoms with Crippen molar-refractivity contribution in [2.24, 2.45) is 0 Å². The first-order valence-corrected chi connectivity index (χ1v) is 10.4. The molecule has 0 spiro atoms. The summed E-state index contributed by atoms with van der Waals surface area (Å²) in [7, 11) is -3.08. The molecule has 2 heterocycles. The van der Waals surface area contributed by atoms with Crippen LogP contribution in [0.15, 0.2) is 41.8 Å². The molecule has 1 saturated heterocycles. The molecule has 8 heteroatoms. The van der Waals surface area contributed by atoms with Crippen LogP contribution in [0.2, 0.25) is 0 Å². The Hall–Kier alpha value is -2.19. The quantitative estimate of drug-likeness (QED) is 0.854. The molecule has 2 amide bonds. The third-order valence-electron chi connectivity index (χ3n) is 4.07. The number of nitrogens with one attached hydrogen (secondary N) is 2. The summed E-state index contributed by atoms with van der Waals surface area (Å²) in [4.78, 5) is 24.9. The van der Waals surface area contributed by atoms with Crippen molar-refractivity contribution in [3.05, 3.63) is 52.2 Å². The standard InChI is InChI=1S/C17H18N2O4S2/c1-17(8-10-25(22,23)11-17)19-15(20)12-4-6-13(7-5-12)18-16(21)14-3-2-9-24-14/h2-7,9H,8,10-11H2,1H3,(H,18,21)(H,19,20)/t17-/m1/s1. The second-order valence-electron chi connectivity index (χ2n) is 6.37. The second kappa shape index (κ2) is 6.61. The molecule has 1 aromatic heterocycles. The average Bonchev–Trinajstić information content (AvgIpc) is 3.16. The largest absolute Gasteiger partial charge is 0.346 e. The molecule has 1 fully saturated rings. The highest BCUT2D eigenvalue weighted by atomic mass is 32.2. The zero-order valence-corrected chi connectivity index (χ0v) is 15.2. The minimum absolute atomic E-state index is 0.0410. The van der Waals surface area contributed by atoms with E-state index in [4.69, 9.17) is 0 Å². The number of carbonyl (C=O) groups is 2. The average molecular weight is 378 g/mol. The number of hydrogen-bond donors (Lipinski definition) is 2. The van der Waals surface area contributed by atoms with E-state index >= 15 is 0 Å². The molecule has 6 nitrogen and oxygen atoms in total. The SMILES string of the molecule is C[C@@]1(NC(=O)c2ccc(NC(=O)c3cccs3)cc2)CCS(=O)(=O)C1. The van der Waals surface area contributed by atoms with Gasteiger partial charge in [0, 0.05) is 11.3 Å². The van der Waals surface area contributed by atoms with Gasteiger partial charge in [-0.05, 0) is 49.1 Å². The second-order valence-corrected chi connectivity index (χ2v) is 9.50. The Bertz CT molecular complexity index is 889. The highest BCUT2D eigenvalue weighted by Crippen LogP contribution is 2.23. The van der Waals surface area contributed by atoms with Crippen LogP contribution >= 0.6 is 11.3 Å². The highest BCUT2D eigenvalue weighted by molar-refractivity contribution is 7.91. The fourth-order valence-electron chi connectivity index (χ4n) is 2.76. The minimum Gasteiger partial charge on any atom is -0.346 e. The predicted molar refractivity (Wildman–Crippen MR) is 97.9 cm³/mol. The lowest BCUT2D eigenvalue weighted by Crippen LogP contribution is -2.46. The first kappa shape index (κ1) is 17.6. The number of anilines is 1. The molecule has 2 N–H and O–H groups in total. The Morgan fingerprint density at radius 3 is 2.40 bits per heavy atom. The summed E-state index contributed by atoms with van der Waals surface area (Å²) >= 11 is 1.35. The molecule has 25 heavy (non-hydrogen) atoms. The first-order valence-electron chi connectivity index (χ1n) is 7.74. The van der Waals surface area contributed by atoms with Gasteiger partial charge < -0.3 is 10.6 Å². The zero-order valence-electron chi connectivity index (χ0n) is 13.6. The van der Waals surface area contributed by atoms with Crippen LogP contribution in [0.25, 0.3) is 0 Å². The van der Waals surface area contributed by atoms with Gasteiger partial charge in [-0.1, -0.05) is 6.07 Å². The third-order valence-corrected chi connectivity index (χ3v) is 6.84. The molecule has 0 bridgehead atoms. The fraction of sp³-hybridized carbons (Fsp3) is 0.294. The summed E-state index contributed by atoms with van der Waals surface area (Å²) in [5.74, 6) is -0.468. The van der Waals surface area contributed by atoms with Crippen molar-refractivity contribution >= 4 is 38.7 Å². The van der Waals surface area contributed by atoms with Gasteiger partial charge in [-0.3, -0.25) is 9.59 Å². The van der Waals surface area contributed by atoms with Crippen LogP contribution < -0.4 is 10.6 Å². The molecular formula is C17H18N2O4S2. The van der Waals surface area contributed by atoms with Gasteiger partial charge >= 0.3 is 0 Å². The number of rotatable bonds is 4. The Morgan fingerprint density at radius 2 is 1.84 bits per heavy atom. The van der Waals surface area contributed by atoms with E-state index in [1.54, 1.807) is 43.3 Å². The summed E-state index contributed by atoms with van der Waals surface area (Å²) in [6.07, 6.45) is 0.413. The molecule has 1 aliphatic rings. The number of hydrogen-bond acceptors (Lipinski definition) is 5. The topological polar surface area (TPSA) is 92.3 Å². The summed E-state index contributed by atoms with van der Waals surface area (Å²) in [6, 6.07) is 10.0. The zero-order chi connectivity index (χ0) is 18.1. The highest BCUT2D eigenvalue weighted by Gasteiger charge is 2.39. The maximum absolute atomic E-state index is 12.3. The number of amides is 2. The summed E-state index contributed by atoms with van der Waals surface area (Å²) in [6.45, 7) is 1.74. The lowest BCUT2D eigenvalue weighted by atomic mass is 10.0. The van der Waals surface area contributed by atoms with E-state index in [1.807, 2.05) is 5.38 Å². The molecule has 0 saturated carbocycles. The molecule has 0 aliphatic carbocycles. The van der Waals surface area contributed by atoms with E-state index in [0.29, 0.717) is 22.5 Å². The van der Waals surface area contributed by atoms with Crippen molar-refractivity contribution < 1.29 is 18.0 Å². The fourth-order valence-corrected chi connectivity index (χ4v) is 5.47. The Morgan fingerprint density at radius 1 is 1.12 bits per heavy atom. The van der Waals surface area contributed by atoms with Crippen molar-refractivity contribution in [1.29, 1.82) is 0 Å². The van der Waals surface area contributed by atoms with Crippen LogP contribution in [0.1, 0.15) is 33.4 Å². The summed E-state index contributed by atoms with van der Waals surface area (Å²) in [5.41, 5.74) is 0.270. The van der Waals surface area contributed by atoms with Crippen LogP contribution in [-0.2, 0) is 9.84 Å². The van der Waals surface area contributed by atoms with Gasteiger partial charge in [0.1, 0.15) is 0 Å². The van der Waals surface area contributed by atoms with Gasteiger partial charge in [0.05, 0.1) is 21.9 Å². The van der Waals surface area contributed by atoms with E-state index in [0.717, 1.165) is 0 Å². The van der Waals surface area contributed by atoms with E-state index < -0.39 is 15.4 Å². The number of sulfone groups is 1. The molecular weight excluding hydrogens is 360 g/mol.